The standard InChI is InChI=1S/C33H50N2/c1-2-3-4-5-6-7-8-9-10-11-12-13-14-15-16-23-28-34-29-30-35(32-26-21-18-22-27-32)33(34)31-24-19-17-20-25-31/h17-22,24-27,29-30,33H,2-16,23,28H2,1H3. The fraction of sp³-hybridized carbons (Fsp3) is 0.576. The third-order valence-corrected chi connectivity index (χ3v) is 7.42. The zero-order valence-corrected chi connectivity index (χ0v) is 22.4. The van der Waals surface area contributed by atoms with Crippen LogP contribution in [-0.4, -0.2) is 11.4 Å². The average Bonchev–Trinajstić information content (AvgIpc) is 3.33. The molecular weight excluding hydrogens is 424 g/mol. The second-order valence-electron chi connectivity index (χ2n) is 10.4. The van der Waals surface area contributed by atoms with Gasteiger partial charge in [-0.05, 0) is 24.1 Å². The van der Waals surface area contributed by atoms with Gasteiger partial charge in [0.15, 0.2) is 0 Å². The van der Waals surface area contributed by atoms with Crippen LogP contribution in [0.4, 0.5) is 5.69 Å². The minimum Gasteiger partial charge on any atom is -0.352 e. The maximum absolute atomic E-state index is 2.52. The molecule has 2 nitrogen and oxygen atoms in total. The summed E-state index contributed by atoms with van der Waals surface area (Å²) >= 11 is 0. The lowest BCUT2D eigenvalue weighted by Gasteiger charge is -2.33. The van der Waals surface area contributed by atoms with Crippen molar-refractivity contribution in [2.75, 3.05) is 11.4 Å². The highest BCUT2D eigenvalue weighted by Gasteiger charge is 2.28. The Hall–Kier alpha value is -2.22. The van der Waals surface area contributed by atoms with Gasteiger partial charge in [0, 0.05) is 24.6 Å². The van der Waals surface area contributed by atoms with Crippen LogP contribution in [0.1, 0.15) is 121 Å². The van der Waals surface area contributed by atoms with Gasteiger partial charge >= 0.3 is 0 Å². The number of hydrogen-bond donors (Lipinski definition) is 0. The molecule has 1 heterocycles. The molecule has 0 fully saturated rings. The van der Waals surface area contributed by atoms with Crippen LogP contribution < -0.4 is 4.90 Å². The largest absolute Gasteiger partial charge is 0.352 e. The van der Waals surface area contributed by atoms with Gasteiger partial charge in [0.05, 0.1) is 0 Å². The lowest BCUT2D eigenvalue weighted by Crippen LogP contribution is -2.31. The number of nitrogens with zero attached hydrogens (tertiary/aromatic N) is 2. The number of benzene rings is 2. The molecule has 35 heavy (non-hydrogen) atoms. The molecular formula is C33H50N2. The van der Waals surface area contributed by atoms with Crippen molar-refractivity contribution in [3.05, 3.63) is 78.6 Å². The van der Waals surface area contributed by atoms with Crippen LogP contribution in [0.25, 0.3) is 0 Å². The number of unbranched alkanes of at least 4 members (excludes halogenated alkanes) is 15. The molecule has 0 radical (unpaired) electrons. The number of para-hydroxylation sites is 1. The predicted octanol–water partition coefficient (Wildman–Crippen LogP) is 10.2. The number of rotatable bonds is 19. The molecule has 1 aliphatic rings. The first-order chi connectivity index (χ1) is 17.4. The zero-order chi connectivity index (χ0) is 24.4. The third kappa shape index (κ3) is 10.1. The lowest BCUT2D eigenvalue weighted by atomic mass is 10.0. The van der Waals surface area contributed by atoms with E-state index in [-0.39, 0.29) is 6.17 Å². The van der Waals surface area contributed by atoms with Gasteiger partial charge in [-0.15, -0.1) is 0 Å². The molecule has 1 unspecified atom stereocenters. The molecule has 0 saturated carbocycles. The summed E-state index contributed by atoms with van der Waals surface area (Å²) in [7, 11) is 0. The molecule has 2 aromatic carbocycles. The van der Waals surface area contributed by atoms with Gasteiger partial charge in [-0.1, -0.05) is 152 Å². The highest BCUT2D eigenvalue weighted by Crippen LogP contribution is 2.35. The molecule has 0 amide bonds. The molecule has 0 saturated heterocycles. The van der Waals surface area contributed by atoms with Crippen molar-refractivity contribution in [2.24, 2.45) is 0 Å². The Morgan fingerprint density at radius 1 is 0.514 bits per heavy atom. The minimum absolute atomic E-state index is 0.259. The Bertz CT molecular complexity index is 785. The summed E-state index contributed by atoms with van der Waals surface area (Å²) in [6.45, 7) is 3.42. The van der Waals surface area contributed by atoms with Gasteiger partial charge in [0.2, 0.25) is 0 Å². The Labute approximate surface area is 216 Å². The molecule has 0 N–H and O–H groups in total. The minimum atomic E-state index is 0.259. The summed E-state index contributed by atoms with van der Waals surface area (Å²) < 4.78 is 0. The van der Waals surface area contributed by atoms with Crippen LogP contribution in [-0.2, 0) is 0 Å². The van der Waals surface area contributed by atoms with Gasteiger partial charge in [0.25, 0.3) is 0 Å². The van der Waals surface area contributed by atoms with E-state index in [0.29, 0.717) is 0 Å². The molecule has 0 spiro atoms. The summed E-state index contributed by atoms with van der Waals surface area (Å²) in [5.74, 6) is 0. The third-order valence-electron chi connectivity index (χ3n) is 7.42. The average molecular weight is 475 g/mol. The number of anilines is 1. The number of hydrogen-bond acceptors (Lipinski definition) is 2. The van der Waals surface area contributed by atoms with Gasteiger partial charge in [-0.25, -0.2) is 0 Å². The smallest absolute Gasteiger partial charge is 0.132 e. The van der Waals surface area contributed by atoms with Gasteiger partial charge in [0.1, 0.15) is 6.17 Å². The fourth-order valence-electron chi connectivity index (χ4n) is 5.32. The predicted molar refractivity (Wildman–Crippen MR) is 153 cm³/mol. The van der Waals surface area contributed by atoms with Gasteiger partial charge in [-0.3, -0.25) is 0 Å². The summed E-state index contributed by atoms with van der Waals surface area (Å²) in [6, 6.07) is 21.7. The van der Waals surface area contributed by atoms with Gasteiger partial charge in [-0.2, -0.15) is 0 Å². The molecule has 1 atom stereocenters. The van der Waals surface area contributed by atoms with Crippen molar-refractivity contribution >= 4 is 5.69 Å². The van der Waals surface area contributed by atoms with Crippen LogP contribution >= 0.6 is 0 Å². The van der Waals surface area contributed by atoms with Gasteiger partial charge < -0.3 is 9.80 Å². The van der Waals surface area contributed by atoms with E-state index in [1.807, 2.05) is 0 Å². The van der Waals surface area contributed by atoms with Crippen molar-refractivity contribution in [1.82, 2.24) is 4.90 Å². The van der Waals surface area contributed by atoms with Crippen molar-refractivity contribution in [2.45, 2.75) is 116 Å². The Morgan fingerprint density at radius 2 is 0.971 bits per heavy atom. The van der Waals surface area contributed by atoms with Crippen molar-refractivity contribution in [3.8, 4) is 0 Å². The van der Waals surface area contributed by atoms with E-state index in [1.165, 1.54) is 114 Å². The Morgan fingerprint density at radius 3 is 1.49 bits per heavy atom. The molecule has 1 aliphatic heterocycles. The van der Waals surface area contributed by atoms with Crippen LogP contribution in [0.3, 0.4) is 0 Å². The first-order valence-electron chi connectivity index (χ1n) is 14.7. The molecule has 0 bridgehead atoms. The highest BCUT2D eigenvalue weighted by atomic mass is 15.4. The topological polar surface area (TPSA) is 6.48 Å². The van der Waals surface area contributed by atoms with Crippen molar-refractivity contribution in [3.63, 3.8) is 0 Å². The SMILES string of the molecule is CCCCCCCCCCCCCCCCCCN1C=CN(c2ccccc2)C1c1ccccc1. The quantitative estimate of drug-likeness (QED) is 0.187. The molecule has 192 valence electrons. The summed E-state index contributed by atoms with van der Waals surface area (Å²) in [4.78, 5) is 4.92. The normalized spacial score (nSPS) is 15.3. The van der Waals surface area contributed by atoms with E-state index in [9.17, 15) is 0 Å². The maximum Gasteiger partial charge on any atom is 0.132 e. The van der Waals surface area contributed by atoms with E-state index < -0.39 is 0 Å². The first kappa shape index (κ1) is 27.4. The van der Waals surface area contributed by atoms with Crippen molar-refractivity contribution in [1.29, 1.82) is 0 Å². The summed E-state index contributed by atoms with van der Waals surface area (Å²) in [5.41, 5.74) is 2.62. The molecule has 0 aliphatic carbocycles. The molecule has 0 aromatic heterocycles. The lowest BCUT2D eigenvalue weighted by molar-refractivity contribution is 0.297. The molecule has 2 aromatic rings. The van der Waals surface area contributed by atoms with E-state index >= 15 is 0 Å². The second kappa shape index (κ2) is 17.2. The zero-order valence-electron chi connectivity index (χ0n) is 22.4. The molecule has 3 rings (SSSR count). The first-order valence-corrected chi connectivity index (χ1v) is 14.7. The van der Waals surface area contributed by atoms with E-state index in [4.69, 9.17) is 0 Å². The van der Waals surface area contributed by atoms with E-state index in [0.717, 1.165) is 6.54 Å². The van der Waals surface area contributed by atoms with Crippen LogP contribution in [0.15, 0.2) is 73.1 Å². The van der Waals surface area contributed by atoms with Crippen molar-refractivity contribution < 1.29 is 0 Å². The van der Waals surface area contributed by atoms with E-state index in [1.54, 1.807) is 0 Å². The van der Waals surface area contributed by atoms with Crippen LogP contribution in [0.5, 0.6) is 0 Å². The summed E-state index contributed by atoms with van der Waals surface area (Å²) in [6.07, 6.45) is 27.5. The molecule has 2 heteroatoms. The van der Waals surface area contributed by atoms with E-state index in [2.05, 4.69) is 89.8 Å². The summed E-state index contributed by atoms with van der Waals surface area (Å²) in [5, 5.41) is 0. The fourth-order valence-corrected chi connectivity index (χ4v) is 5.32. The van der Waals surface area contributed by atoms with Crippen LogP contribution in [0.2, 0.25) is 0 Å². The maximum atomic E-state index is 2.52. The highest BCUT2D eigenvalue weighted by molar-refractivity contribution is 5.53. The second-order valence-corrected chi connectivity index (χ2v) is 10.4. The van der Waals surface area contributed by atoms with Crippen LogP contribution in [0, 0.1) is 0 Å². The monoisotopic (exact) mass is 474 g/mol. The Kier molecular flexibility index (Phi) is 13.5. The Balaban J connectivity index is 1.24.